The van der Waals surface area contributed by atoms with Crippen molar-refractivity contribution in [2.75, 3.05) is 7.11 Å². The first-order valence-corrected chi connectivity index (χ1v) is 9.04. The predicted molar refractivity (Wildman–Crippen MR) is 99.5 cm³/mol. The second kappa shape index (κ2) is 7.87. The van der Waals surface area contributed by atoms with Gasteiger partial charge in [0.15, 0.2) is 5.72 Å². The molecule has 1 amide bonds. The zero-order valence-corrected chi connectivity index (χ0v) is 15.6. The van der Waals surface area contributed by atoms with E-state index in [-0.39, 0.29) is 24.0 Å². The number of hydrogen-bond acceptors (Lipinski definition) is 3. The Hall–Kier alpha value is -2.87. The number of nitrogens with one attached hydrogen (secondary N) is 1. The fourth-order valence-corrected chi connectivity index (χ4v) is 3.69. The van der Waals surface area contributed by atoms with Crippen LogP contribution < -0.4 is 5.32 Å². The zero-order valence-electron chi connectivity index (χ0n) is 15.6. The summed E-state index contributed by atoms with van der Waals surface area (Å²) in [5.74, 6) is -4.26. The summed E-state index contributed by atoms with van der Waals surface area (Å²) in [5.41, 5.74) is -1.31. The number of halogens is 3. The minimum Gasteiger partial charge on any atom is -0.478 e. The van der Waals surface area contributed by atoms with Crippen molar-refractivity contribution in [3.8, 4) is 0 Å². The van der Waals surface area contributed by atoms with Gasteiger partial charge >= 0.3 is 12.1 Å². The first-order chi connectivity index (χ1) is 13.7. The number of alkyl halides is 3. The van der Waals surface area contributed by atoms with Crippen LogP contribution in [0.15, 0.2) is 59.7 Å². The van der Waals surface area contributed by atoms with Crippen molar-refractivity contribution in [2.24, 2.45) is 5.92 Å². The molecule has 154 valence electrons. The van der Waals surface area contributed by atoms with E-state index in [0.717, 1.165) is 13.2 Å². The molecule has 0 fully saturated rings. The van der Waals surface area contributed by atoms with E-state index >= 15 is 0 Å². The van der Waals surface area contributed by atoms with Crippen LogP contribution in [-0.2, 0) is 14.3 Å². The maximum absolute atomic E-state index is 13.9. The molecule has 2 atom stereocenters. The number of methoxy groups -OCH3 is 1. The highest BCUT2D eigenvalue weighted by Crippen LogP contribution is 2.42. The van der Waals surface area contributed by atoms with Gasteiger partial charge in [-0.15, -0.1) is 0 Å². The highest BCUT2D eigenvalue weighted by atomic mass is 19.4. The predicted octanol–water partition coefficient (Wildman–Crippen LogP) is 3.84. The van der Waals surface area contributed by atoms with E-state index in [1.165, 1.54) is 12.2 Å². The Bertz CT molecular complexity index is 902. The summed E-state index contributed by atoms with van der Waals surface area (Å²) in [6.45, 7) is 0. The Morgan fingerprint density at radius 1 is 1.17 bits per heavy atom. The summed E-state index contributed by atoms with van der Waals surface area (Å²) in [4.78, 5) is 24.0. The standard InChI is InChI=1S/C21H20F3NO4/c1-29-20(25-18(26)15-8-5-9-16(15)19(27)28)11-10-14(12-17(20)21(22,23)24)13-6-3-2-4-7-13/h2-4,6-7,10-12,17H,5,8-9H2,1H3,(H,25,26)(H,27,28). The van der Waals surface area contributed by atoms with Crippen molar-refractivity contribution in [1.29, 1.82) is 0 Å². The second-order valence-electron chi connectivity index (χ2n) is 6.91. The SMILES string of the molecule is COC1(NC(=O)C2=C(C(=O)O)CCC2)C=CC(c2ccccc2)=CC1C(F)(F)F. The molecule has 1 aromatic carbocycles. The van der Waals surface area contributed by atoms with Gasteiger partial charge in [0.2, 0.25) is 5.91 Å². The number of rotatable bonds is 5. The quantitative estimate of drug-likeness (QED) is 0.728. The van der Waals surface area contributed by atoms with Crippen molar-refractivity contribution in [2.45, 2.75) is 31.2 Å². The largest absolute Gasteiger partial charge is 0.478 e. The average Bonchev–Trinajstić information content (AvgIpc) is 3.18. The van der Waals surface area contributed by atoms with Gasteiger partial charge in [-0.2, -0.15) is 13.2 Å². The molecule has 3 rings (SSSR count). The Balaban J connectivity index is 1.98. The molecule has 1 aromatic rings. The van der Waals surface area contributed by atoms with Gasteiger partial charge in [-0.05, 0) is 36.5 Å². The smallest absolute Gasteiger partial charge is 0.400 e. The van der Waals surface area contributed by atoms with E-state index in [4.69, 9.17) is 4.74 Å². The molecule has 0 bridgehead atoms. The van der Waals surface area contributed by atoms with Crippen LogP contribution in [-0.4, -0.2) is 36.0 Å². The fourth-order valence-electron chi connectivity index (χ4n) is 3.69. The van der Waals surface area contributed by atoms with Crippen LogP contribution in [0.1, 0.15) is 24.8 Å². The number of carboxylic acids is 1. The zero-order chi connectivity index (χ0) is 21.2. The van der Waals surface area contributed by atoms with Crippen LogP contribution in [0.4, 0.5) is 13.2 Å². The van der Waals surface area contributed by atoms with Crippen LogP contribution in [0.5, 0.6) is 0 Å². The Kier molecular flexibility index (Phi) is 5.66. The third kappa shape index (κ3) is 4.12. The van der Waals surface area contributed by atoms with Crippen molar-refractivity contribution >= 4 is 17.4 Å². The summed E-state index contributed by atoms with van der Waals surface area (Å²) >= 11 is 0. The van der Waals surface area contributed by atoms with Gasteiger partial charge in [-0.1, -0.05) is 42.5 Å². The highest BCUT2D eigenvalue weighted by Gasteiger charge is 2.54. The molecule has 5 nitrogen and oxygen atoms in total. The van der Waals surface area contributed by atoms with Crippen molar-refractivity contribution in [3.05, 3.63) is 65.3 Å². The van der Waals surface area contributed by atoms with Gasteiger partial charge in [0, 0.05) is 18.3 Å². The van der Waals surface area contributed by atoms with Gasteiger partial charge in [0.05, 0.1) is 0 Å². The van der Waals surface area contributed by atoms with E-state index in [2.05, 4.69) is 5.32 Å². The lowest BCUT2D eigenvalue weighted by molar-refractivity contribution is -0.212. The molecule has 0 aromatic heterocycles. The van der Waals surface area contributed by atoms with Gasteiger partial charge in [-0.3, -0.25) is 4.79 Å². The molecule has 8 heteroatoms. The van der Waals surface area contributed by atoms with Crippen molar-refractivity contribution in [1.82, 2.24) is 5.32 Å². The van der Waals surface area contributed by atoms with Crippen molar-refractivity contribution in [3.63, 3.8) is 0 Å². The Morgan fingerprint density at radius 3 is 2.41 bits per heavy atom. The number of carboxylic acid groups (broad SMARTS) is 1. The topological polar surface area (TPSA) is 75.6 Å². The number of ether oxygens (including phenoxy) is 1. The minimum atomic E-state index is -4.71. The lowest BCUT2D eigenvalue weighted by Gasteiger charge is -2.39. The molecule has 2 N–H and O–H groups in total. The third-order valence-electron chi connectivity index (χ3n) is 5.18. The van der Waals surface area contributed by atoms with Crippen LogP contribution in [0, 0.1) is 5.92 Å². The summed E-state index contributed by atoms with van der Waals surface area (Å²) in [6, 6.07) is 8.56. The minimum absolute atomic E-state index is 0.0129. The number of benzene rings is 1. The molecule has 2 aliphatic carbocycles. The normalized spacial score (nSPS) is 24.4. The van der Waals surface area contributed by atoms with Crippen LogP contribution in [0.2, 0.25) is 0 Å². The van der Waals surface area contributed by atoms with Gasteiger partial charge in [-0.25, -0.2) is 4.79 Å². The number of hydrogen-bond donors (Lipinski definition) is 2. The average molecular weight is 407 g/mol. The van der Waals surface area contributed by atoms with Crippen molar-refractivity contribution < 1.29 is 32.6 Å². The number of carbonyl (C=O) groups is 2. The molecule has 0 heterocycles. The molecule has 2 unspecified atom stereocenters. The summed E-state index contributed by atoms with van der Waals surface area (Å²) < 4.78 is 47.0. The third-order valence-corrected chi connectivity index (χ3v) is 5.18. The van der Waals surface area contributed by atoms with Gasteiger partial charge < -0.3 is 15.2 Å². The summed E-state index contributed by atoms with van der Waals surface area (Å²) in [6.07, 6.45) is -0.216. The monoisotopic (exact) mass is 407 g/mol. The van der Waals surface area contributed by atoms with E-state index in [9.17, 15) is 27.9 Å². The number of amides is 1. The lowest BCUT2D eigenvalue weighted by atomic mass is 9.84. The van der Waals surface area contributed by atoms with Gasteiger partial charge in [0.25, 0.3) is 0 Å². The van der Waals surface area contributed by atoms with Crippen LogP contribution >= 0.6 is 0 Å². The molecular formula is C21H20F3NO4. The molecular weight excluding hydrogens is 387 g/mol. The second-order valence-corrected chi connectivity index (χ2v) is 6.91. The maximum Gasteiger partial charge on any atom is 0.400 e. The van der Waals surface area contributed by atoms with Crippen LogP contribution in [0.3, 0.4) is 0 Å². The number of allylic oxidation sites excluding steroid dienone is 2. The fraction of sp³-hybridized carbons (Fsp3) is 0.333. The Labute approximate surface area is 165 Å². The van der Waals surface area contributed by atoms with E-state index in [1.54, 1.807) is 30.3 Å². The maximum atomic E-state index is 13.9. The highest BCUT2D eigenvalue weighted by molar-refractivity contribution is 6.03. The number of carbonyl (C=O) groups excluding carboxylic acids is 1. The molecule has 0 aliphatic heterocycles. The van der Waals surface area contributed by atoms with E-state index < -0.39 is 29.7 Å². The summed E-state index contributed by atoms with van der Waals surface area (Å²) in [7, 11) is 1.08. The van der Waals surface area contributed by atoms with E-state index in [1.807, 2.05) is 0 Å². The first-order valence-electron chi connectivity index (χ1n) is 9.04. The van der Waals surface area contributed by atoms with Gasteiger partial charge in [0.1, 0.15) is 5.92 Å². The summed E-state index contributed by atoms with van der Waals surface area (Å²) in [5, 5.41) is 11.5. The Morgan fingerprint density at radius 2 is 1.83 bits per heavy atom. The van der Waals surface area contributed by atoms with E-state index in [0.29, 0.717) is 17.6 Å². The molecule has 0 radical (unpaired) electrons. The molecule has 0 spiro atoms. The molecule has 0 saturated heterocycles. The lowest BCUT2D eigenvalue weighted by Crippen LogP contribution is -2.58. The molecule has 0 saturated carbocycles. The molecule has 29 heavy (non-hydrogen) atoms. The first kappa shape index (κ1) is 20.9. The van der Waals surface area contributed by atoms with Crippen LogP contribution in [0.25, 0.3) is 5.57 Å². The molecule has 2 aliphatic rings. The number of aliphatic carboxylic acids is 1.